The van der Waals surface area contributed by atoms with Crippen LogP contribution in [0.15, 0.2) is 42.5 Å². The van der Waals surface area contributed by atoms with E-state index in [-0.39, 0.29) is 0 Å². The van der Waals surface area contributed by atoms with E-state index in [4.69, 9.17) is 0 Å². The number of allylic oxidation sites excluding steroid dienone is 4. The lowest BCUT2D eigenvalue weighted by Crippen LogP contribution is -2.08. The monoisotopic (exact) mass is 266 g/mol. The van der Waals surface area contributed by atoms with Crippen molar-refractivity contribution in [2.24, 2.45) is 5.92 Å². The fourth-order valence-corrected chi connectivity index (χ4v) is 4.84. The van der Waals surface area contributed by atoms with Gasteiger partial charge in [0.25, 0.3) is 0 Å². The molecule has 19 heavy (non-hydrogen) atoms. The highest BCUT2D eigenvalue weighted by molar-refractivity contribution is 7.20. The summed E-state index contributed by atoms with van der Waals surface area (Å²) in [5.74, 6) is 0.761. The Hall–Kier alpha value is -1.34. The van der Waals surface area contributed by atoms with E-state index < -0.39 is 0 Å². The molecule has 0 nitrogen and oxygen atoms in total. The Kier molecular flexibility index (Phi) is 2.81. The molecule has 1 aromatic heterocycles. The first-order chi connectivity index (χ1) is 9.43. The predicted molar refractivity (Wildman–Crippen MR) is 84.6 cm³/mol. The van der Waals surface area contributed by atoms with E-state index in [2.05, 4.69) is 42.5 Å². The minimum atomic E-state index is 0.761. The highest BCUT2D eigenvalue weighted by Crippen LogP contribution is 2.44. The quantitative estimate of drug-likeness (QED) is 0.590. The van der Waals surface area contributed by atoms with Crippen LogP contribution in [-0.4, -0.2) is 0 Å². The van der Waals surface area contributed by atoms with Crippen LogP contribution in [0.25, 0.3) is 15.7 Å². The van der Waals surface area contributed by atoms with Crippen molar-refractivity contribution in [3.63, 3.8) is 0 Å². The van der Waals surface area contributed by atoms with Crippen LogP contribution in [0.2, 0.25) is 0 Å². The van der Waals surface area contributed by atoms with E-state index in [9.17, 15) is 0 Å². The molecule has 0 bridgehead atoms. The van der Waals surface area contributed by atoms with E-state index in [0.29, 0.717) is 0 Å². The summed E-state index contributed by atoms with van der Waals surface area (Å²) in [6, 6.07) is 8.92. The van der Waals surface area contributed by atoms with Gasteiger partial charge >= 0.3 is 0 Å². The molecule has 1 unspecified atom stereocenters. The molecule has 1 atom stereocenters. The van der Waals surface area contributed by atoms with Gasteiger partial charge in [-0.3, -0.25) is 0 Å². The van der Waals surface area contributed by atoms with Gasteiger partial charge in [-0.05, 0) is 60.6 Å². The maximum atomic E-state index is 2.52. The molecule has 4 rings (SSSR count). The van der Waals surface area contributed by atoms with Gasteiger partial charge in [0.2, 0.25) is 0 Å². The van der Waals surface area contributed by atoms with Gasteiger partial charge in [-0.1, -0.05) is 36.4 Å². The molecule has 2 aliphatic rings. The van der Waals surface area contributed by atoms with Gasteiger partial charge in [-0.25, -0.2) is 0 Å². The molecule has 0 spiro atoms. The maximum absolute atomic E-state index is 2.52. The number of benzene rings is 1. The number of fused-ring (bicyclic) bond motifs is 3. The van der Waals surface area contributed by atoms with Gasteiger partial charge in [0.05, 0.1) is 0 Å². The molecule has 0 N–H and O–H groups in total. The predicted octanol–water partition coefficient (Wildman–Crippen LogP) is 5.59. The van der Waals surface area contributed by atoms with Crippen molar-refractivity contribution < 1.29 is 0 Å². The minimum Gasteiger partial charge on any atom is -0.135 e. The third kappa shape index (κ3) is 1.88. The average molecular weight is 266 g/mol. The summed E-state index contributed by atoms with van der Waals surface area (Å²) >= 11 is 2.01. The lowest BCUT2D eigenvalue weighted by atomic mass is 9.82. The molecular formula is C18H18S. The van der Waals surface area contributed by atoms with Crippen molar-refractivity contribution >= 4 is 27.0 Å². The molecule has 1 heteroatoms. The summed E-state index contributed by atoms with van der Waals surface area (Å²) in [6.07, 6.45) is 13.5. The van der Waals surface area contributed by atoms with Crippen molar-refractivity contribution in [3.05, 3.63) is 52.9 Å². The number of rotatable bonds is 1. The first kappa shape index (κ1) is 11.5. The van der Waals surface area contributed by atoms with Crippen LogP contribution in [-0.2, 0) is 6.42 Å². The van der Waals surface area contributed by atoms with Crippen molar-refractivity contribution in [1.29, 1.82) is 0 Å². The normalized spacial score (nSPS) is 22.3. The largest absolute Gasteiger partial charge is 0.135 e. The fourth-order valence-electron chi connectivity index (χ4n) is 3.47. The Balaban J connectivity index is 1.83. The van der Waals surface area contributed by atoms with E-state index in [1.807, 2.05) is 11.3 Å². The third-order valence-corrected chi connectivity index (χ3v) is 5.69. The highest BCUT2D eigenvalue weighted by Gasteiger charge is 2.24. The molecule has 0 saturated heterocycles. The smallest absolute Gasteiger partial charge is 0.0352 e. The van der Waals surface area contributed by atoms with Gasteiger partial charge in [0.15, 0.2) is 0 Å². The van der Waals surface area contributed by atoms with Crippen LogP contribution in [0, 0.1) is 5.92 Å². The average Bonchev–Trinajstić information content (AvgIpc) is 2.87. The number of hydrogen-bond donors (Lipinski definition) is 0. The van der Waals surface area contributed by atoms with Gasteiger partial charge in [0, 0.05) is 9.58 Å². The molecule has 0 saturated carbocycles. The second-order valence-electron chi connectivity index (χ2n) is 5.59. The van der Waals surface area contributed by atoms with Crippen molar-refractivity contribution in [1.82, 2.24) is 0 Å². The molecule has 96 valence electrons. The first-order valence-corrected chi connectivity index (χ1v) is 8.11. The van der Waals surface area contributed by atoms with E-state index in [1.54, 1.807) is 16.0 Å². The molecule has 0 aliphatic heterocycles. The van der Waals surface area contributed by atoms with Crippen LogP contribution in [0.1, 0.15) is 36.1 Å². The Morgan fingerprint density at radius 2 is 2.00 bits per heavy atom. The summed E-state index contributed by atoms with van der Waals surface area (Å²) < 4.78 is 1.46. The van der Waals surface area contributed by atoms with E-state index >= 15 is 0 Å². The zero-order valence-electron chi connectivity index (χ0n) is 11.1. The zero-order chi connectivity index (χ0) is 12.7. The Bertz CT molecular complexity index is 672. The third-order valence-electron chi connectivity index (χ3n) is 4.43. The Morgan fingerprint density at radius 3 is 2.89 bits per heavy atom. The molecule has 0 radical (unpaired) electrons. The first-order valence-electron chi connectivity index (χ1n) is 7.29. The Labute approximate surface area is 118 Å². The molecule has 0 amide bonds. The van der Waals surface area contributed by atoms with Crippen LogP contribution in [0.3, 0.4) is 0 Å². The van der Waals surface area contributed by atoms with E-state index in [0.717, 1.165) is 5.92 Å². The number of thiophene rings is 1. The SMILES string of the molecule is C1=CCC(C2=CCCc3c2sc2ccccc32)CC1. The number of aryl methyl sites for hydroxylation is 1. The molecule has 1 aromatic carbocycles. The summed E-state index contributed by atoms with van der Waals surface area (Å²) in [5, 5.41) is 1.50. The van der Waals surface area contributed by atoms with Crippen molar-refractivity contribution in [3.8, 4) is 0 Å². The van der Waals surface area contributed by atoms with Crippen LogP contribution >= 0.6 is 11.3 Å². The standard InChI is InChI=1S/C18H18S/c1-2-7-13(8-3-1)14-10-6-11-16-15-9-4-5-12-17(15)19-18(14)16/h1-2,4-5,9-10,12-13H,3,6-8,11H2. The lowest BCUT2D eigenvalue weighted by Gasteiger charge is -2.24. The molecule has 1 heterocycles. The molecular weight excluding hydrogens is 248 g/mol. The summed E-state index contributed by atoms with van der Waals surface area (Å²) in [4.78, 5) is 1.59. The zero-order valence-corrected chi connectivity index (χ0v) is 11.9. The number of hydrogen-bond acceptors (Lipinski definition) is 1. The van der Waals surface area contributed by atoms with E-state index in [1.165, 1.54) is 42.2 Å². The minimum absolute atomic E-state index is 0.761. The van der Waals surface area contributed by atoms with Crippen LogP contribution in [0.5, 0.6) is 0 Å². The second kappa shape index (κ2) is 4.64. The Morgan fingerprint density at radius 1 is 1.05 bits per heavy atom. The summed E-state index contributed by atoms with van der Waals surface area (Å²) in [6.45, 7) is 0. The van der Waals surface area contributed by atoms with Gasteiger partial charge in [-0.2, -0.15) is 0 Å². The highest BCUT2D eigenvalue weighted by atomic mass is 32.1. The van der Waals surface area contributed by atoms with Crippen molar-refractivity contribution in [2.75, 3.05) is 0 Å². The van der Waals surface area contributed by atoms with Crippen LogP contribution < -0.4 is 0 Å². The van der Waals surface area contributed by atoms with Gasteiger partial charge < -0.3 is 0 Å². The molecule has 2 aromatic rings. The molecule has 2 aliphatic carbocycles. The topological polar surface area (TPSA) is 0 Å². The summed E-state index contributed by atoms with van der Waals surface area (Å²) in [7, 11) is 0. The summed E-state index contributed by atoms with van der Waals surface area (Å²) in [5.41, 5.74) is 3.26. The lowest BCUT2D eigenvalue weighted by molar-refractivity contribution is 0.597. The van der Waals surface area contributed by atoms with Crippen molar-refractivity contribution in [2.45, 2.75) is 32.1 Å². The second-order valence-corrected chi connectivity index (χ2v) is 6.64. The molecule has 0 fully saturated rings. The maximum Gasteiger partial charge on any atom is 0.0352 e. The fraction of sp³-hybridized carbons (Fsp3) is 0.333. The van der Waals surface area contributed by atoms with Gasteiger partial charge in [0.1, 0.15) is 0 Å². The van der Waals surface area contributed by atoms with Gasteiger partial charge in [-0.15, -0.1) is 11.3 Å². The van der Waals surface area contributed by atoms with Crippen LogP contribution in [0.4, 0.5) is 0 Å².